The van der Waals surface area contributed by atoms with Crippen molar-refractivity contribution in [2.45, 2.75) is 78.7 Å². The summed E-state index contributed by atoms with van der Waals surface area (Å²) in [4.78, 5) is 0. The van der Waals surface area contributed by atoms with Gasteiger partial charge in [0.05, 0.1) is 11.9 Å². The van der Waals surface area contributed by atoms with Crippen LogP contribution < -0.4 is 0 Å². The van der Waals surface area contributed by atoms with Gasteiger partial charge in [-0.1, -0.05) is 58.1 Å². The minimum Gasteiger partial charge on any atom is -0.249 e. The largest absolute Gasteiger partial charge is 0.249 e. The van der Waals surface area contributed by atoms with E-state index in [1.807, 2.05) is 6.20 Å². The van der Waals surface area contributed by atoms with Gasteiger partial charge in [-0.15, -0.1) is 5.10 Å². The second-order valence-corrected chi connectivity index (χ2v) is 5.41. The van der Waals surface area contributed by atoms with E-state index < -0.39 is 0 Å². The molecule has 0 saturated heterocycles. The Morgan fingerprint density at radius 3 is 2.72 bits per heavy atom. The van der Waals surface area contributed by atoms with Crippen LogP contribution in [0.3, 0.4) is 0 Å². The van der Waals surface area contributed by atoms with E-state index in [-0.39, 0.29) is 0 Å². The van der Waals surface area contributed by atoms with E-state index in [0.717, 1.165) is 18.9 Å². The molecule has 0 aliphatic rings. The maximum Gasteiger partial charge on any atom is 0.0725 e. The zero-order valence-electron chi connectivity index (χ0n) is 12.4. The molecule has 1 heterocycles. The zero-order valence-corrected chi connectivity index (χ0v) is 12.4. The summed E-state index contributed by atoms with van der Waals surface area (Å²) in [6, 6.07) is 0. The summed E-state index contributed by atoms with van der Waals surface area (Å²) in [5.41, 5.74) is 1.31. The van der Waals surface area contributed by atoms with E-state index in [2.05, 4.69) is 35.8 Å². The van der Waals surface area contributed by atoms with Crippen molar-refractivity contribution in [2.24, 2.45) is 5.92 Å². The molecule has 1 unspecified atom stereocenters. The summed E-state index contributed by atoms with van der Waals surface area (Å²) in [5, 5.41) is 8.19. The van der Waals surface area contributed by atoms with Crippen molar-refractivity contribution in [2.75, 3.05) is 0 Å². The minimum absolute atomic E-state index is 0.891. The van der Waals surface area contributed by atoms with E-state index >= 15 is 0 Å². The summed E-state index contributed by atoms with van der Waals surface area (Å²) in [7, 11) is 0. The first-order valence-electron chi connectivity index (χ1n) is 7.65. The van der Waals surface area contributed by atoms with Crippen LogP contribution in [-0.4, -0.2) is 15.0 Å². The van der Waals surface area contributed by atoms with Crippen molar-refractivity contribution in [3.05, 3.63) is 11.9 Å². The van der Waals surface area contributed by atoms with E-state index in [1.165, 1.54) is 50.6 Å². The zero-order chi connectivity index (χ0) is 13.2. The molecule has 104 valence electrons. The van der Waals surface area contributed by atoms with Gasteiger partial charge in [0.15, 0.2) is 0 Å². The molecular formula is C15H29N3. The van der Waals surface area contributed by atoms with Crippen molar-refractivity contribution in [3.63, 3.8) is 0 Å². The Kier molecular flexibility index (Phi) is 7.70. The van der Waals surface area contributed by atoms with Crippen LogP contribution in [0.4, 0.5) is 0 Å². The molecule has 3 heteroatoms. The Morgan fingerprint density at radius 1 is 1.17 bits per heavy atom. The number of aromatic nitrogens is 3. The molecule has 0 spiro atoms. The molecule has 0 aromatic carbocycles. The Labute approximate surface area is 112 Å². The monoisotopic (exact) mass is 251 g/mol. The van der Waals surface area contributed by atoms with Gasteiger partial charge in [0.25, 0.3) is 0 Å². The molecule has 3 nitrogen and oxygen atoms in total. The molecule has 1 rings (SSSR count). The molecule has 18 heavy (non-hydrogen) atoms. The maximum absolute atomic E-state index is 4.16. The van der Waals surface area contributed by atoms with Crippen LogP contribution in [0.1, 0.15) is 71.4 Å². The van der Waals surface area contributed by atoms with Gasteiger partial charge in [0.1, 0.15) is 0 Å². The minimum atomic E-state index is 0.891. The lowest BCUT2D eigenvalue weighted by Crippen LogP contribution is -2.05. The fourth-order valence-electron chi connectivity index (χ4n) is 2.15. The van der Waals surface area contributed by atoms with Crippen molar-refractivity contribution < 1.29 is 0 Å². The second kappa shape index (κ2) is 9.12. The Balaban J connectivity index is 2.16. The molecule has 0 amide bonds. The van der Waals surface area contributed by atoms with Crippen LogP contribution in [0.25, 0.3) is 0 Å². The quantitative estimate of drug-likeness (QED) is 0.583. The molecule has 1 aromatic rings. The van der Waals surface area contributed by atoms with E-state index in [4.69, 9.17) is 0 Å². The first kappa shape index (κ1) is 15.2. The van der Waals surface area contributed by atoms with Crippen LogP contribution in [0.5, 0.6) is 0 Å². The molecule has 1 aromatic heterocycles. The van der Waals surface area contributed by atoms with E-state index in [0.29, 0.717) is 0 Å². The third kappa shape index (κ3) is 5.65. The fraction of sp³-hybridized carbons (Fsp3) is 0.867. The van der Waals surface area contributed by atoms with Crippen LogP contribution in [0, 0.1) is 5.92 Å². The Morgan fingerprint density at radius 2 is 2.00 bits per heavy atom. The third-order valence-corrected chi connectivity index (χ3v) is 3.75. The lowest BCUT2D eigenvalue weighted by Gasteiger charge is -2.08. The highest BCUT2D eigenvalue weighted by Crippen LogP contribution is 2.13. The molecule has 0 bridgehead atoms. The number of aryl methyl sites for hydroxylation is 2. The topological polar surface area (TPSA) is 30.7 Å². The average molecular weight is 251 g/mol. The number of rotatable bonds is 10. The SMILES string of the molecule is CCCCn1nncc1CCCCCC(C)CC. The lowest BCUT2D eigenvalue weighted by atomic mass is 10.0. The first-order chi connectivity index (χ1) is 8.77. The predicted octanol–water partition coefficient (Wildman–Crippen LogP) is 4.23. The molecule has 0 N–H and O–H groups in total. The standard InChI is InChI=1S/C15H29N3/c1-4-6-12-18-15(13-16-17-18)11-9-7-8-10-14(3)5-2/h13-14H,4-12H2,1-3H3. The Bertz CT molecular complexity index is 306. The maximum atomic E-state index is 4.16. The molecule has 1 atom stereocenters. The van der Waals surface area contributed by atoms with Gasteiger partial charge in [0.2, 0.25) is 0 Å². The molecule has 0 fully saturated rings. The predicted molar refractivity (Wildman–Crippen MR) is 76.6 cm³/mol. The van der Waals surface area contributed by atoms with Gasteiger partial charge in [-0.2, -0.15) is 0 Å². The van der Waals surface area contributed by atoms with Gasteiger partial charge in [-0.3, -0.25) is 0 Å². The summed E-state index contributed by atoms with van der Waals surface area (Å²) >= 11 is 0. The number of nitrogens with zero attached hydrogens (tertiary/aromatic N) is 3. The third-order valence-electron chi connectivity index (χ3n) is 3.75. The van der Waals surface area contributed by atoms with Crippen LogP contribution in [0.15, 0.2) is 6.20 Å². The van der Waals surface area contributed by atoms with Crippen LogP contribution in [-0.2, 0) is 13.0 Å². The van der Waals surface area contributed by atoms with Crippen LogP contribution >= 0.6 is 0 Å². The molecular weight excluding hydrogens is 222 g/mol. The van der Waals surface area contributed by atoms with Crippen molar-refractivity contribution in [1.82, 2.24) is 15.0 Å². The summed E-state index contributed by atoms with van der Waals surface area (Å²) in [5.74, 6) is 0.891. The highest BCUT2D eigenvalue weighted by atomic mass is 15.4. The number of unbranched alkanes of at least 4 members (excludes halogenated alkanes) is 3. The van der Waals surface area contributed by atoms with Crippen LogP contribution in [0.2, 0.25) is 0 Å². The van der Waals surface area contributed by atoms with Gasteiger partial charge in [-0.25, -0.2) is 4.68 Å². The normalized spacial score (nSPS) is 12.8. The van der Waals surface area contributed by atoms with Gasteiger partial charge >= 0.3 is 0 Å². The average Bonchev–Trinajstić information content (AvgIpc) is 2.83. The number of hydrogen-bond acceptors (Lipinski definition) is 2. The van der Waals surface area contributed by atoms with Gasteiger partial charge in [-0.05, 0) is 25.2 Å². The molecule has 0 aliphatic carbocycles. The summed E-state index contributed by atoms with van der Waals surface area (Å²) < 4.78 is 2.08. The fourth-order valence-corrected chi connectivity index (χ4v) is 2.15. The van der Waals surface area contributed by atoms with Crippen molar-refractivity contribution >= 4 is 0 Å². The molecule has 0 radical (unpaired) electrons. The second-order valence-electron chi connectivity index (χ2n) is 5.41. The van der Waals surface area contributed by atoms with Crippen molar-refractivity contribution in [3.8, 4) is 0 Å². The Hall–Kier alpha value is -0.860. The van der Waals surface area contributed by atoms with E-state index in [1.54, 1.807) is 0 Å². The summed E-state index contributed by atoms with van der Waals surface area (Å²) in [6.45, 7) is 7.87. The molecule has 0 saturated carbocycles. The lowest BCUT2D eigenvalue weighted by molar-refractivity contribution is 0.473. The number of hydrogen-bond donors (Lipinski definition) is 0. The highest BCUT2D eigenvalue weighted by Gasteiger charge is 2.03. The summed E-state index contributed by atoms with van der Waals surface area (Å²) in [6.07, 6.45) is 12.2. The molecule has 0 aliphatic heterocycles. The smallest absolute Gasteiger partial charge is 0.0725 e. The first-order valence-corrected chi connectivity index (χ1v) is 7.65. The van der Waals surface area contributed by atoms with Gasteiger partial charge < -0.3 is 0 Å². The van der Waals surface area contributed by atoms with Gasteiger partial charge in [0, 0.05) is 6.54 Å². The van der Waals surface area contributed by atoms with E-state index in [9.17, 15) is 0 Å². The highest BCUT2D eigenvalue weighted by molar-refractivity contribution is 4.93. The van der Waals surface area contributed by atoms with Crippen molar-refractivity contribution in [1.29, 1.82) is 0 Å².